The molecule has 0 aliphatic carbocycles. The van der Waals surface area contributed by atoms with Crippen LogP contribution in [0.15, 0.2) is 45.7 Å². The van der Waals surface area contributed by atoms with Crippen LogP contribution >= 0.6 is 23.1 Å². The average molecular weight is 374 g/mol. The van der Waals surface area contributed by atoms with Crippen molar-refractivity contribution in [2.24, 2.45) is 0 Å². The SMILES string of the molecule is CC(C)OC(=O)C(C)Sc1nc2scc(-c3ccccc3)c2c(=O)[nH]1. The van der Waals surface area contributed by atoms with Crippen molar-refractivity contribution in [2.45, 2.75) is 37.3 Å². The van der Waals surface area contributed by atoms with Crippen molar-refractivity contribution < 1.29 is 9.53 Å². The Kier molecular flexibility index (Phi) is 5.24. The zero-order valence-electron chi connectivity index (χ0n) is 14.1. The van der Waals surface area contributed by atoms with Crippen molar-refractivity contribution in [3.8, 4) is 11.1 Å². The molecule has 2 heterocycles. The Morgan fingerprint density at radius 3 is 2.64 bits per heavy atom. The summed E-state index contributed by atoms with van der Waals surface area (Å²) < 4.78 is 5.19. The maximum atomic E-state index is 12.6. The Hall–Kier alpha value is -2.12. The Morgan fingerprint density at radius 2 is 1.96 bits per heavy atom. The minimum Gasteiger partial charge on any atom is -0.462 e. The van der Waals surface area contributed by atoms with Crippen LogP contribution in [-0.4, -0.2) is 27.3 Å². The van der Waals surface area contributed by atoms with Crippen LogP contribution in [0.25, 0.3) is 21.3 Å². The number of carbonyl (C=O) groups is 1. The molecular weight excluding hydrogens is 356 g/mol. The summed E-state index contributed by atoms with van der Waals surface area (Å²) in [5.74, 6) is -0.320. The van der Waals surface area contributed by atoms with Gasteiger partial charge >= 0.3 is 5.97 Å². The third-order valence-corrected chi connectivity index (χ3v) is 5.31. The molecule has 0 aliphatic rings. The van der Waals surface area contributed by atoms with Crippen molar-refractivity contribution in [1.82, 2.24) is 9.97 Å². The van der Waals surface area contributed by atoms with E-state index in [1.807, 2.05) is 35.7 Å². The molecule has 0 saturated heterocycles. The maximum absolute atomic E-state index is 12.6. The molecule has 0 spiro atoms. The lowest BCUT2D eigenvalue weighted by Gasteiger charge is -2.12. The Balaban J connectivity index is 1.91. The van der Waals surface area contributed by atoms with Crippen LogP contribution in [0.2, 0.25) is 0 Å². The number of rotatable bonds is 5. The van der Waals surface area contributed by atoms with Gasteiger partial charge in [-0.05, 0) is 26.3 Å². The molecule has 0 fully saturated rings. The first-order valence-corrected chi connectivity index (χ1v) is 9.65. The first-order chi connectivity index (χ1) is 12.0. The molecule has 1 unspecified atom stereocenters. The van der Waals surface area contributed by atoms with E-state index in [0.717, 1.165) is 11.1 Å². The van der Waals surface area contributed by atoms with Gasteiger partial charge in [0.25, 0.3) is 5.56 Å². The molecule has 2 aromatic heterocycles. The molecule has 0 bridgehead atoms. The van der Waals surface area contributed by atoms with E-state index in [-0.39, 0.29) is 17.6 Å². The molecular formula is C18H18N2O3S2. The molecule has 0 saturated carbocycles. The second-order valence-electron chi connectivity index (χ2n) is 5.81. The zero-order chi connectivity index (χ0) is 18.0. The number of thiophene rings is 1. The first kappa shape index (κ1) is 17.7. The van der Waals surface area contributed by atoms with Gasteiger partial charge in [-0.15, -0.1) is 11.3 Å². The van der Waals surface area contributed by atoms with Crippen LogP contribution in [0.1, 0.15) is 20.8 Å². The third-order valence-electron chi connectivity index (χ3n) is 3.48. The van der Waals surface area contributed by atoms with E-state index < -0.39 is 5.25 Å². The average Bonchev–Trinajstić information content (AvgIpc) is 2.99. The molecule has 1 N–H and O–H groups in total. The van der Waals surface area contributed by atoms with E-state index >= 15 is 0 Å². The van der Waals surface area contributed by atoms with Crippen LogP contribution in [0.5, 0.6) is 0 Å². The lowest BCUT2D eigenvalue weighted by atomic mass is 10.1. The quantitative estimate of drug-likeness (QED) is 0.414. The van der Waals surface area contributed by atoms with Crippen molar-refractivity contribution in [3.63, 3.8) is 0 Å². The van der Waals surface area contributed by atoms with Gasteiger partial charge in [-0.1, -0.05) is 42.1 Å². The highest BCUT2D eigenvalue weighted by atomic mass is 32.2. The van der Waals surface area contributed by atoms with Gasteiger partial charge in [0.2, 0.25) is 0 Å². The van der Waals surface area contributed by atoms with Gasteiger partial charge in [0, 0.05) is 10.9 Å². The number of fused-ring (bicyclic) bond motifs is 1. The summed E-state index contributed by atoms with van der Waals surface area (Å²) in [6.07, 6.45) is -0.171. The number of aromatic nitrogens is 2. The number of nitrogens with zero attached hydrogens (tertiary/aromatic N) is 1. The molecule has 0 aliphatic heterocycles. The number of hydrogen-bond acceptors (Lipinski definition) is 6. The van der Waals surface area contributed by atoms with Gasteiger partial charge in [-0.3, -0.25) is 9.59 Å². The summed E-state index contributed by atoms with van der Waals surface area (Å²) in [5.41, 5.74) is 1.66. The van der Waals surface area contributed by atoms with E-state index in [0.29, 0.717) is 15.4 Å². The third kappa shape index (κ3) is 3.93. The number of aromatic amines is 1. The number of H-pyrrole nitrogens is 1. The highest BCUT2D eigenvalue weighted by molar-refractivity contribution is 8.00. The Labute approximate surface area is 153 Å². The summed E-state index contributed by atoms with van der Waals surface area (Å²) in [6, 6.07) is 9.74. The van der Waals surface area contributed by atoms with Gasteiger partial charge in [0.15, 0.2) is 5.16 Å². The zero-order valence-corrected chi connectivity index (χ0v) is 15.7. The fraction of sp³-hybridized carbons (Fsp3) is 0.278. The van der Waals surface area contributed by atoms with E-state index in [1.54, 1.807) is 20.8 Å². The van der Waals surface area contributed by atoms with Crippen molar-refractivity contribution in [2.75, 3.05) is 0 Å². The van der Waals surface area contributed by atoms with Crippen LogP contribution in [-0.2, 0) is 9.53 Å². The first-order valence-electron chi connectivity index (χ1n) is 7.90. The molecule has 5 nitrogen and oxygen atoms in total. The van der Waals surface area contributed by atoms with Gasteiger partial charge in [0.05, 0.1) is 11.5 Å². The van der Waals surface area contributed by atoms with Crippen LogP contribution in [0.3, 0.4) is 0 Å². The molecule has 1 aromatic carbocycles. The van der Waals surface area contributed by atoms with E-state index in [2.05, 4.69) is 9.97 Å². The highest BCUT2D eigenvalue weighted by Crippen LogP contribution is 2.31. The normalized spacial score (nSPS) is 12.5. The number of esters is 1. The van der Waals surface area contributed by atoms with Crippen LogP contribution in [0.4, 0.5) is 0 Å². The standard InChI is InChI=1S/C18H18N2O3S2/c1-10(2)23-17(22)11(3)25-18-19-15(21)14-13(9-24-16(14)20-18)12-7-5-4-6-8-12/h4-11H,1-3H3,(H,19,20,21). The minimum atomic E-state index is -0.448. The molecule has 1 atom stereocenters. The summed E-state index contributed by atoms with van der Waals surface area (Å²) in [4.78, 5) is 32.4. The van der Waals surface area contributed by atoms with Crippen molar-refractivity contribution >= 4 is 39.3 Å². The van der Waals surface area contributed by atoms with Crippen molar-refractivity contribution in [3.05, 3.63) is 46.1 Å². The van der Waals surface area contributed by atoms with E-state index in [4.69, 9.17) is 4.74 Å². The maximum Gasteiger partial charge on any atom is 0.319 e. The summed E-state index contributed by atoms with van der Waals surface area (Å²) in [6.45, 7) is 5.35. The topological polar surface area (TPSA) is 72.0 Å². The van der Waals surface area contributed by atoms with Crippen LogP contribution < -0.4 is 5.56 Å². The number of carbonyl (C=O) groups excluding carboxylic acids is 1. The predicted molar refractivity (Wildman–Crippen MR) is 102 cm³/mol. The summed E-state index contributed by atoms with van der Waals surface area (Å²) in [7, 11) is 0. The summed E-state index contributed by atoms with van der Waals surface area (Å²) >= 11 is 2.62. The molecule has 3 rings (SSSR count). The second-order valence-corrected chi connectivity index (χ2v) is 8.00. The number of benzene rings is 1. The van der Waals surface area contributed by atoms with E-state index in [1.165, 1.54) is 23.1 Å². The fourth-order valence-corrected chi connectivity index (χ4v) is 4.15. The molecule has 0 amide bonds. The molecule has 0 radical (unpaired) electrons. The molecule has 7 heteroatoms. The second kappa shape index (κ2) is 7.41. The number of thioether (sulfide) groups is 1. The van der Waals surface area contributed by atoms with Gasteiger partial charge in [-0.2, -0.15) is 0 Å². The predicted octanol–water partition coefficient (Wildman–Crippen LogP) is 4.08. The van der Waals surface area contributed by atoms with Crippen molar-refractivity contribution in [1.29, 1.82) is 0 Å². The van der Waals surface area contributed by atoms with Gasteiger partial charge in [0.1, 0.15) is 10.1 Å². The molecule has 3 aromatic rings. The number of ether oxygens (including phenoxy) is 1. The Bertz CT molecular complexity index is 948. The summed E-state index contributed by atoms with van der Waals surface area (Å²) in [5, 5.41) is 2.49. The minimum absolute atomic E-state index is 0.171. The Morgan fingerprint density at radius 1 is 1.24 bits per heavy atom. The molecule has 130 valence electrons. The molecule has 25 heavy (non-hydrogen) atoms. The number of nitrogens with one attached hydrogen (secondary N) is 1. The fourth-order valence-electron chi connectivity index (χ4n) is 2.36. The lowest BCUT2D eigenvalue weighted by molar-refractivity contribution is -0.146. The lowest BCUT2D eigenvalue weighted by Crippen LogP contribution is -2.21. The van der Waals surface area contributed by atoms with Gasteiger partial charge in [-0.25, -0.2) is 4.98 Å². The van der Waals surface area contributed by atoms with Gasteiger partial charge < -0.3 is 9.72 Å². The van der Waals surface area contributed by atoms with Crippen LogP contribution in [0, 0.1) is 0 Å². The van der Waals surface area contributed by atoms with E-state index in [9.17, 15) is 9.59 Å². The monoisotopic (exact) mass is 374 g/mol. The smallest absolute Gasteiger partial charge is 0.319 e. The largest absolute Gasteiger partial charge is 0.462 e. The number of hydrogen-bond donors (Lipinski definition) is 1. The highest BCUT2D eigenvalue weighted by Gasteiger charge is 2.20.